The molecule has 0 saturated carbocycles. The first kappa shape index (κ1) is 9.26. The van der Waals surface area contributed by atoms with Gasteiger partial charge in [0.05, 0.1) is 0 Å². The SMILES string of the molecule is NCC=CC(=O)N1C[CH]CCC1. The molecule has 0 unspecified atom stereocenters. The van der Waals surface area contributed by atoms with Crippen LogP contribution in [0.5, 0.6) is 0 Å². The van der Waals surface area contributed by atoms with Gasteiger partial charge < -0.3 is 10.6 Å². The second-order valence-electron chi connectivity index (χ2n) is 2.85. The van der Waals surface area contributed by atoms with Gasteiger partial charge in [-0.15, -0.1) is 0 Å². The Balaban J connectivity index is 2.34. The third-order valence-electron chi connectivity index (χ3n) is 1.89. The Morgan fingerprint density at radius 1 is 1.67 bits per heavy atom. The number of hydrogen-bond acceptors (Lipinski definition) is 2. The highest BCUT2D eigenvalue weighted by Crippen LogP contribution is 2.07. The van der Waals surface area contributed by atoms with E-state index in [-0.39, 0.29) is 5.91 Å². The lowest BCUT2D eigenvalue weighted by Gasteiger charge is -2.25. The van der Waals surface area contributed by atoms with Crippen molar-refractivity contribution in [1.82, 2.24) is 4.90 Å². The van der Waals surface area contributed by atoms with Crippen LogP contribution in [0.3, 0.4) is 0 Å². The highest BCUT2D eigenvalue weighted by molar-refractivity contribution is 5.87. The Kier molecular flexibility index (Phi) is 3.80. The molecular weight excluding hydrogens is 152 g/mol. The monoisotopic (exact) mass is 167 g/mol. The molecule has 0 atom stereocenters. The average Bonchev–Trinajstić information content (AvgIpc) is 2.15. The molecule has 2 N–H and O–H groups in total. The molecule has 3 nitrogen and oxygen atoms in total. The first-order chi connectivity index (χ1) is 5.84. The van der Waals surface area contributed by atoms with Crippen LogP contribution >= 0.6 is 0 Å². The van der Waals surface area contributed by atoms with Gasteiger partial charge >= 0.3 is 0 Å². The van der Waals surface area contributed by atoms with Crippen LogP contribution in [-0.4, -0.2) is 30.4 Å². The molecule has 0 aromatic heterocycles. The van der Waals surface area contributed by atoms with Gasteiger partial charge in [0.1, 0.15) is 0 Å². The summed E-state index contributed by atoms with van der Waals surface area (Å²) in [6.45, 7) is 2.10. The molecule has 12 heavy (non-hydrogen) atoms. The summed E-state index contributed by atoms with van der Waals surface area (Å²) in [5.74, 6) is 0.0800. The van der Waals surface area contributed by atoms with Crippen LogP contribution in [-0.2, 0) is 4.79 Å². The maximum absolute atomic E-state index is 11.3. The molecule has 1 radical (unpaired) electrons. The Labute approximate surface area is 73.2 Å². The zero-order valence-electron chi connectivity index (χ0n) is 7.20. The molecule has 0 aliphatic carbocycles. The number of carbonyl (C=O) groups is 1. The number of nitrogens with zero attached hydrogens (tertiary/aromatic N) is 1. The van der Waals surface area contributed by atoms with Crippen molar-refractivity contribution < 1.29 is 4.79 Å². The first-order valence-corrected chi connectivity index (χ1v) is 4.32. The quantitative estimate of drug-likeness (QED) is 0.602. The molecule has 1 fully saturated rings. The van der Waals surface area contributed by atoms with Gasteiger partial charge in [0.15, 0.2) is 0 Å². The summed E-state index contributed by atoms with van der Waals surface area (Å²) in [5.41, 5.74) is 5.24. The molecule has 1 aliphatic heterocycles. The lowest BCUT2D eigenvalue weighted by atomic mass is 10.1. The van der Waals surface area contributed by atoms with Crippen LogP contribution in [0.15, 0.2) is 12.2 Å². The zero-order valence-corrected chi connectivity index (χ0v) is 7.20. The minimum atomic E-state index is 0.0800. The number of carbonyl (C=O) groups excluding carboxylic acids is 1. The molecule has 1 heterocycles. The topological polar surface area (TPSA) is 46.3 Å². The third kappa shape index (κ3) is 2.66. The molecule has 1 saturated heterocycles. The molecule has 67 valence electrons. The second-order valence-corrected chi connectivity index (χ2v) is 2.85. The van der Waals surface area contributed by atoms with Crippen molar-refractivity contribution in [2.45, 2.75) is 12.8 Å². The van der Waals surface area contributed by atoms with Gasteiger partial charge in [-0.05, 0) is 19.3 Å². The van der Waals surface area contributed by atoms with E-state index in [1.807, 2.05) is 4.90 Å². The maximum atomic E-state index is 11.3. The van der Waals surface area contributed by atoms with Crippen molar-refractivity contribution in [2.24, 2.45) is 5.73 Å². The lowest BCUT2D eigenvalue weighted by Crippen LogP contribution is -2.34. The summed E-state index contributed by atoms with van der Waals surface area (Å²) in [7, 11) is 0. The van der Waals surface area contributed by atoms with Crippen LogP contribution in [0, 0.1) is 6.42 Å². The number of hydrogen-bond donors (Lipinski definition) is 1. The van der Waals surface area contributed by atoms with Crippen LogP contribution in [0.25, 0.3) is 0 Å². The van der Waals surface area contributed by atoms with Gasteiger partial charge in [-0.3, -0.25) is 4.79 Å². The van der Waals surface area contributed by atoms with E-state index >= 15 is 0 Å². The van der Waals surface area contributed by atoms with Crippen molar-refractivity contribution in [1.29, 1.82) is 0 Å². The molecule has 0 spiro atoms. The summed E-state index contributed by atoms with van der Waals surface area (Å²) in [4.78, 5) is 13.1. The maximum Gasteiger partial charge on any atom is 0.246 e. The summed E-state index contributed by atoms with van der Waals surface area (Å²) < 4.78 is 0. The van der Waals surface area contributed by atoms with E-state index in [1.54, 1.807) is 12.2 Å². The highest BCUT2D eigenvalue weighted by atomic mass is 16.2. The fourth-order valence-corrected chi connectivity index (χ4v) is 1.24. The lowest BCUT2D eigenvalue weighted by molar-refractivity contribution is -0.126. The number of likely N-dealkylation sites (tertiary alicyclic amines) is 1. The number of piperidine rings is 1. The van der Waals surface area contributed by atoms with Crippen LogP contribution in [0.4, 0.5) is 0 Å². The fourth-order valence-electron chi connectivity index (χ4n) is 1.24. The molecule has 1 amide bonds. The van der Waals surface area contributed by atoms with Gasteiger partial charge in [0.2, 0.25) is 5.91 Å². The number of rotatable bonds is 2. The molecule has 0 bridgehead atoms. The van der Waals surface area contributed by atoms with Crippen molar-refractivity contribution in [3.8, 4) is 0 Å². The molecule has 3 heteroatoms. The standard InChI is InChI=1S/C9H15N2O/c10-6-4-5-9(12)11-7-2-1-3-8-11/h2,4-5H,1,3,6-8,10H2. The normalized spacial score (nSPS) is 18.6. The smallest absolute Gasteiger partial charge is 0.246 e. The fraction of sp³-hybridized carbons (Fsp3) is 0.556. The molecule has 0 aromatic carbocycles. The van der Waals surface area contributed by atoms with Crippen molar-refractivity contribution in [3.05, 3.63) is 18.6 Å². The molecule has 1 aliphatic rings. The largest absolute Gasteiger partial charge is 0.339 e. The Bertz CT molecular complexity index is 171. The predicted octanol–water partition coefficient (Wildman–Crippen LogP) is 0.328. The van der Waals surface area contributed by atoms with E-state index in [1.165, 1.54) is 0 Å². The van der Waals surface area contributed by atoms with Crippen LogP contribution in [0.1, 0.15) is 12.8 Å². The van der Waals surface area contributed by atoms with E-state index < -0.39 is 0 Å². The molecule has 0 aromatic rings. The summed E-state index contributed by atoms with van der Waals surface area (Å²) in [5, 5.41) is 0. The predicted molar refractivity (Wildman–Crippen MR) is 48.3 cm³/mol. The van der Waals surface area contributed by atoms with E-state index in [2.05, 4.69) is 6.42 Å². The van der Waals surface area contributed by atoms with E-state index in [4.69, 9.17) is 5.73 Å². The Morgan fingerprint density at radius 3 is 3.08 bits per heavy atom. The first-order valence-electron chi connectivity index (χ1n) is 4.32. The van der Waals surface area contributed by atoms with Gasteiger partial charge in [0, 0.05) is 25.7 Å². The van der Waals surface area contributed by atoms with Crippen molar-refractivity contribution in [3.63, 3.8) is 0 Å². The average molecular weight is 167 g/mol. The number of nitrogens with two attached hydrogens (primary N) is 1. The minimum absolute atomic E-state index is 0.0800. The second kappa shape index (κ2) is 4.93. The van der Waals surface area contributed by atoms with Gasteiger partial charge in [-0.2, -0.15) is 0 Å². The van der Waals surface area contributed by atoms with Gasteiger partial charge in [-0.1, -0.05) is 6.08 Å². The van der Waals surface area contributed by atoms with Gasteiger partial charge in [0.25, 0.3) is 0 Å². The van der Waals surface area contributed by atoms with E-state index in [9.17, 15) is 4.79 Å². The third-order valence-corrected chi connectivity index (χ3v) is 1.89. The minimum Gasteiger partial charge on any atom is -0.339 e. The molecular formula is C9H15N2O. The molecule has 1 rings (SSSR count). The summed E-state index contributed by atoms with van der Waals surface area (Å²) in [6.07, 6.45) is 7.60. The van der Waals surface area contributed by atoms with E-state index in [0.29, 0.717) is 6.54 Å². The Morgan fingerprint density at radius 2 is 2.50 bits per heavy atom. The van der Waals surface area contributed by atoms with Crippen LogP contribution < -0.4 is 5.73 Å². The zero-order chi connectivity index (χ0) is 8.81. The highest BCUT2D eigenvalue weighted by Gasteiger charge is 2.13. The number of amides is 1. The van der Waals surface area contributed by atoms with E-state index in [0.717, 1.165) is 25.9 Å². The summed E-state index contributed by atoms with van der Waals surface area (Å²) >= 11 is 0. The summed E-state index contributed by atoms with van der Waals surface area (Å²) in [6, 6.07) is 0. The van der Waals surface area contributed by atoms with Crippen LogP contribution in [0.2, 0.25) is 0 Å². The van der Waals surface area contributed by atoms with Crippen molar-refractivity contribution in [2.75, 3.05) is 19.6 Å². The van der Waals surface area contributed by atoms with Crippen molar-refractivity contribution >= 4 is 5.91 Å². The Hall–Kier alpha value is -0.830. The van der Waals surface area contributed by atoms with Gasteiger partial charge in [-0.25, -0.2) is 0 Å².